The molecular formula is C12H16O2. The zero-order valence-corrected chi connectivity index (χ0v) is 8.69. The molecule has 0 saturated carbocycles. The normalized spacial score (nSPS) is 30.0. The van der Waals surface area contributed by atoms with Crippen LogP contribution in [0.4, 0.5) is 0 Å². The number of carbonyl (C=O) groups is 1. The van der Waals surface area contributed by atoms with E-state index in [0.717, 1.165) is 6.42 Å². The summed E-state index contributed by atoms with van der Waals surface area (Å²) in [5.74, 6) is 0.146. The van der Waals surface area contributed by atoms with Gasteiger partial charge >= 0.3 is 5.97 Å². The van der Waals surface area contributed by atoms with Crippen LogP contribution in [0.5, 0.6) is 0 Å². The number of methoxy groups -OCH3 is 1. The molecule has 76 valence electrons. The van der Waals surface area contributed by atoms with Gasteiger partial charge < -0.3 is 4.74 Å². The summed E-state index contributed by atoms with van der Waals surface area (Å²) in [5.41, 5.74) is -0.591. The molecule has 0 fully saturated rings. The van der Waals surface area contributed by atoms with Gasteiger partial charge in [0.05, 0.1) is 7.11 Å². The van der Waals surface area contributed by atoms with E-state index in [4.69, 9.17) is 4.74 Å². The van der Waals surface area contributed by atoms with Gasteiger partial charge in [-0.05, 0) is 19.3 Å². The SMILES string of the molecule is C=CCC1C=CC(C)(C(=O)OC)C=C1. The Labute approximate surface area is 85.0 Å². The van der Waals surface area contributed by atoms with Crippen molar-refractivity contribution in [1.82, 2.24) is 0 Å². The molecule has 0 bridgehead atoms. The number of allylic oxidation sites excluding steroid dienone is 3. The quantitative estimate of drug-likeness (QED) is 0.507. The van der Waals surface area contributed by atoms with Crippen LogP contribution in [0.15, 0.2) is 37.0 Å². The van der Waals surface area contributed by atoms with Crippen molar-refractivity contribution >= 4 is 5.97 Å². The summed E-state index contributed by atoms with van der Waals surface area (Å²) in [6.45, 7) is 5.53. The Morgan fingerprint density at radius 3 is 2.57 bits per heavy atom. The molecule has 14 heavy (non-hydrogen) atoms. The molecule has 0 aromatic carbocycles. The molecule has 0 aromatic heterocycles. The molecule has 0 amide bonds. The first kappa shape index (κ1) is 10.8. The largest absolute Gasteiger partial charge is 0.468 e. The van der Waals surface area contributed by atoms with Crippen molar-refractivity contribution in [3.05, 3.63) is 37.0 Å². The predicted molar refractivity (Wildman–Crippen MR) is 56.7 cm³/mol. The third-order valence-corrected chi connectivity index (χ3v) is 2.44. The van der Waals surface area contributed by atoms with Crippen molar-refractivity contribution in [2.45, 2.75) is 13.3 Å². The van der Waals surface area contributed by atoms with Crippen LogP contribution < -0.4 is 0 Å². The van der Waals surface area contributed by atoms with Gasteiger partial charge in [0, 0.05) is 0 Å². The minimum Gasteiger partial charge on any atom is -0.468 e. The highest BCUT2D eigenvalue weighted by atomic mass is 16.5. The maximum absolute atomic E-state index is 11.4. The first-order chi connectivity index (χ1) is 6.62. The summed E-state index contributed by atoms with van der Waals surface area (Å²) < 4.78 is 4.73. The summed E-state index contributed by atoms with van der Waals surface area (Å²) in [6, 6.07) is 0. The van der Waals surface area contributed by atoms with Gasteiger partial charge in [-0.3, -0.25) is 4.79 Å². The van der Waals surface area contributed by atoms with Gasteiger partial charge in [0.25, 0.3) is 0 Å². The Balaban J connectivity index is 2.72. The van der Waals surface area contributed by atoms with E-state index < -0.39 is 5.41 Å². The maximum Gasteiger partial charge on any atom is 0.319 e. The van der Waals surface area contributed by atoms with Gasteiger partial charge in [0.2, 0.25) is 0 Å². The second-order valence-corrected chi connectivity index (χ2v) is 3.68. The Bertz CT molecular complexity index is 273. The fraction of sp³-hybridized carbons (Fsp3) is 0.417. The van der Waals surface area contributed by atoms with Crippen LogP contribution in [-0.2, 0) is 9.53 Å². The molecule has 1 aliphatic rings. The van der Waals surface area contributed by atoms with Gasteiger partial charge in [0.1, 0.15) is 5.41 Å². The Morgan fingerprint density at radius 1 is 1.57 bits per heavy atom. The molecule has 0 spiro atoms. The monoisotopic (exact) mass is 192 g/mol. The third kappa shape index (κ3) is 2.13. The van der Waals surface area contributed by atoms with E-state index in [0.29, 0.717) is 5.92 Å². The lowest BCUT2D eigenvalue weighted by molar-refractivity contribution is -0.146. The average molecular weight is 192 g/mol. The zero-order chi connectivity index (χ0) is 10.6. The first-order valence-electron chi connectivity index (χ1n) is 4.70. The van der Waals surface area contributed by atoms with E-state index in [-0.39, 0.29) is 5.97 Å². The molecular weight excluding hydrogens is 176 g/mol. The molecule has 0 aliphatic heterocycles. The minimum atomic E-state index is -0.591. The number of carbonyl (C=O) groups excluding carboxylic acids is 1. The van der Waals surface area contributed by atoms with Crippen LogP contribution in [-0.4, -0.2) is 13.1 Å². The number of esters is 1. The van der Waals surface area contributed by atoms with Crippen LogP contribution in [0.25, 0.3) is 0 Å². The zero-order valence-electron chi connectivity index (χ0n) is 8.69. The number of hydrogen-bond donors (Lipinski definition) is 0. The number of hydrogen-bond acceptors (Lipinski definition) is 2. The average Bonchev–Trinajstić information content (AvgIpc) is 2.21. The summed E-state index contributed by atoms with van der Waals surface area (Å²) in [7, 11) is 1.41. The van der Waals surface area contributed by atoms with Gasteiger partial charge in [-0.2, -0.15) is 0 Å². The molecule has 1 rings (SSSR count). The highest BCUT2D eigenvalue weighted by Gasteiger charge is 2.30. The fourth-order valence-corrected chi connectivity index (χ4v) is 1.47. The van der Waals surface area contributed by atoms with Gasteiger partial charge in [-0.25, -0.2) is 0 Å². The van der Waals surface area contributed by atoms with Crippen molar-refractivity contribution in [3.63, 3.8) is 0 Å². The van der Waals surface area contributed by atoms with Crippen LogP contribution in [0.3, 0.4) is 0 Å². The van der Waals surface area contributed by atoms with Crippen molar-refractivity contribution in [2.24, 2.45) is 11.3 Å². The van der Waals surface area contributed by atoms with Gasteiger partial charge in [-0.15, -0.1) is 6.58 Å². The van der Waals surface area contributed by atoms with E-state index in [2.05, 4.69) is 6.58 Å². The lowest BCUT2D eigenvalue weighted by atomic mass is 9.83. The lowest BCUT2D eigenvalue weighted by Gasteiger charge is -2.23. The molecule has 0 aromatic rings. The number of ether oxygens (including phenoxy) is 1. The fourth-order valence-electron chi connectivity index (χ4n) is 1.47. The second kappa shape index (κ2) is 4.27. The van der Waals surface area contributed by atoms with E-state index in [1.807, 2.05) is 37.3 Å². The lowest BCUT2D eigenvalue weighted by Crippen LogP contribution is -2.26. The standard InChI is InChI=1S/C12H16O2/c1-4-5-10-6-8-12(2,9-7-10)11(13)14-3/h4,6-10H,1,5H2,2-3H3. The van der Waals surface area contributed by atoms with Crippen LogP contribution in [0, 0.1) is 11.3 Å². The van der Waals surface area contributed by atoms with Crippen molar-refractivity contribution < 1.29 is 9.53 Å². The van der Waals surface area contributed by atoms with Crippen LogP contribution in [0.1, 0.15) is 13.3 Å². The van der Waals surface area contributed by atoms with Crippen LogP contribution >= 0.6 is 0 Å². The highest BCUT2D eigenvalue weighted by Crippen LogP contribution is 2.29. The minimum absolute atomic E-state index is 0.220. The topological polar surface area (TPSA) is 26.3 Å². The molecule has 1 aliphatic carbocycles. The Morgan fingerprint density at radius 2 is 2.14 bits per heavy atom. The summed E-state index contributed by atoms with van der Waals surface area (Å²) >= 11 is 0. The van der Waals surface area contributed by atoms with E-state index in [1.54, 1.807) is 0 Å². The molecule has 2 nitrogen and oxygen atoms in total. The second-order valence-electron chi connectivity index (χ2n) is 3.68. The molecule has 2 heteroatoms. The smallest absolute Gasteiger partial charge is 0.319 e. The summed E-state index contributed by atoms with van der Waals surface area (Å²) in [4.78, 5) is 11.4. The molecule has 0 radical (unpaired) electrons. The summed E-state index contributed by atoms with van der Waals surface area (Å²) in [6.07, 6.45) is 10.6. The predicted octanol–water partition coefficient (Wildman–Crippen LogP) is 2.48. The molecule has 0 unspecified atom stereocenters. The maximum atomic E-state index is 11.4. The van der Waals surface area contributed by atoms with Crippen molar-refractivity contribution in [1.29, 1.82) is 0 Å². The first-order valence-corrected chi connectivity index (χ1v) is 4.70. The van der Waals surface area contributed by atoms with E-state index in [1.165, 1.54) is 7.11 Å². The molecule has 0 atom stereocenters. The van der Waals surface area contributed by atoms with Crippen molar-refractivity contribution in [3.8, 4) is 0 Å². The Kier molecular flexibility index (Phi) is 3.28. The molecule has 0 saturated heterocycles. The molecule has 0 N–H and O–H groups in total. The third-order valence-electron chi connectivity index (χ3n) is 2.44. The number of rotatable bonds is 3. The summed E-state index contributed by atoms with van der Waals surface area (Å²) in [5, 5.41) is 0. The molecule has 0 heterocycles. The van der Waals surface area contributed by atoms with Crippen molar-refractivity contribution in [2.75, 3.05) is 7.11 Å². The highest BCUT2D eigenvalue weighted by molar-refractivity contribution is 5.81. The van der Waals surface area contributed by atoms with E-state index >= 15 is 0 Å². The van der Waals surface area contributed by atoms with Crippen LogP contribution in [0.2, 0.25) is 0 Å². The van der Waals surface area contributed by atoms with Gasteiger partial charge in [-0.1, -0.05) is 30.4 Å². The Hall–Kier alpha value is -1.31. The van der Waals surface area contributed by atoms with Gasteiger partial charge in [0.15, 0.2) is 0 Å². The van der Waals surface area contributed by atoms with E-state index in [9.17, 15) is 4.79 Å².